The van der Waals surface area contributed by atoms with Gasteiger partial charge in [0.2, 0.25) is 5.91 Å². The maximum Gasteiger partial charge on any atom is 0.224 e. The van der Waals surface area contributed by atoms with Crippen molar-refractivity contribution >= 4 is 33.4 Å². The van der Waals surface area contributed by atoms with Crippen LogP contribution in [0.15, 0.2) is 22.7 Å². The zero-order valence-corrected chi connectivity index (χ0v) is 11.3. The van der Waals surface area contributed by atoms with Gasteiger partial charge in [-0.1, -0.05) is 17.7 Å². The molecule has 0 heterocycles. The summed E-state index contributed by atoms with van der Waals surface area (Å²) in [5, 5.41) is 3.36. The molecule has 1 N–H and O–H groups in total. The van der Waals surface area contributed by atoms with Crippen LogP contribution in [0.5, 0.6) is 0 Å². The average Bonchev–Trinajstić information content (AvgIpc) is 2.24. The minimum Gasteiger partial charge on any atom is -0.383 e. The van der Waals surface area contributed by atoms with Crippen LogP contribution in [0.1, 0.15) is 5.56 Å². The second-order valence-electron chi connectivity index (χ2n) is 3.27. The number of carbonyl (C=O) groups excluding carboxylic acids is 1. The molecule has 0 aliphatic carbocycles. The molecule has 1 aromatic rings. The van der Waals surface area contributed by atoms with Crippen molar-refractivity contribution in [1.82, 2.24) is 5.32 Å². The highest BCUT2D eigenvalue weighted by Gasteiger charge is 2.04. The van der Waals surface area contributed by atoms with E-state index >= 15 is 0 Å². The first-order valence-electron chi connectivity index (χ1n) is 4.83. The number of methoxy groups -OCH3 is 1. The second-order valence-corrected chi connectivity index (χ2v) is 4.53. The third-order valence-corrected chi connectivity index (χ3v) is 3.21. The van der Waals surface area contributed by atoms with E-state index in [9.17, 15) is 4.79 Å². The topological polar surface area (TPSA) is 38.3 Å². The molecule has 0 aromatic heterocycles. The Balaban J connectivity index is 2.46. The van der Waals surface area contributed by atoms with Gasteiger partial charge in [0.15, 0.2) is 0 Å². The van der Waals surface area contributed by atoms with Gasteiger partial charge in [0.1, 0.15) is 0 Å². The van der Waals surface area contributed by atoms with Gasteiger partial charge in [-0.15, -0.1) is 0 Å². The number of carbonyl (C=O) groups is 1. The molecule has 1 rings (SSSR count). The van der Waals surface area contributed by atoms with E-state index in [1.807, 2.05) is 12.1 Å². The lowest BCUT2D eigenvalue weighted by Crippen LogP contribution is -2.28. The Labute approximate surface area is 108 Å². The molecule has 0 radical (unpaired) electrons. The summed E-state index contributed by atoms with van der Waals surface area (Å²) in [7, 11) is 1.60. The van der Waals surface area contributed by atoms with Crippen molar-refractivity contribution < 1.29 is 9.53 Å². The number of nitrogens with one attached hydrogen (secondary N) is 1. The van der Waals surface area contributed by atoms with E-state index in [4.69, 9.17) is 16.3 Å². The van der Waals surface area contributed by atoms with Gasteiger partial charge in [0.05, 0.1) is 18.1 Å². The molecular weight excluding hydrogens is 293 g/mol. The molecule has 0 aliphatic heterocycles. The highest BCUT2D eigenvalue weighted by molar-refractivity contribution is 9.10. The van der Waals surface area contributed by atoms with Crippen LogP contribution < -0.4 is 5.32 Å². The highest BCUT2D eigenvalue weighted by atomic mass is 79.9. The normalized spacial score (nSPS) is 10.2. The van der Waals surface area contributed by atoms with Crippen molar-refractivity contribution in [2.75, 3.05) is 20.3 Å². The molecule has 0 saturated heterocycles. The van der Waals surface area contributed by atoms with Crippen LogP contribution in [-0.2, 0) is 16.0 Å². The number of rotatable bonds is 5. The summed E-state index contributed by atoms with van der Waals surface area (Å²) >= 11 is 9.22. The van der Waals surface area contributed by atoms with Gasteiger partial charge in [0.25, 0.3) is 0 Å². The first-order chi connectivity index (χ1) is 7.63. The summed E-state index contributed by atoms with van der Waals surface area (Å²) in [5.74, 6) is -0.0320. The molecule has 0 bridgehead atoms. The minimum atomic E-state index is -0.0320. The van der Waals surface area contributed by atoms with Crippen molar-refractivity contribution in [1.29, 1.82) is 0 Å². The van der Waals surface area contributed by atoms with Crippen molar-refractivity contribution in [3.63, 3.8) is 0 Å². The number of halogens is 2. The Kier molecular flexibility index (Phi) is 5.80. The van der Waals surface area contributed by atoms with Gasteiger partial charge in [0, 0.05) is 18.1 Å². The Morgan fingerprint density at radius 2 is 2.31 bits per heavy atom. The van der Waals surface area contributed by atoms with Gasteiger partial charge in [-0.25, -0.2) is 0 Å². The van der Waals surface area contributed by atoms with Crippen LogP contribution >= 0.6 is 27.5 Å². The van der Waals surface area contributed by atoms with Crippen LogP contribution in [0, 0.1) is 0 Å². The van der Waals surface area contributed by atoms with E-state index in [0.29, 0.717) is 24.6 Å². The molecule has 0 saturated carbocycles. The van der Waals surface area contributed by atoms with Crippen LogP contribution in [0.2, 0.25) is 5.02 Å². The van der Waals surface area contributed by atoms with Crippen LogP contribution in [0.3, 0.4) is 0 Å². The Morgan fingerprint density at radius 1 is 1.56 bits per heavy atom. The van der Waals surface area contributed by atoms with E-state index in [1.165, 1.54) is 0 Å². The molecule has 0 atom stereocenters. The second kappa shape index (κ2) is 6.89. The fraction of sp³-hybridized carbons (Fsp3) is 0.364. The van der Waals surface area contributed by atoms with Gasteiger partial charge in [-0.2, -0.15) is 0 Å². The predicted octanol–water partition coefficient (Wildman–Crippen LogP) is 2.41. The fourth-order valence-corrected chi connectivity index (χ4v) is 1.64. The lowest BCUT2D eigenvalue weighted by Gasteiger charge is -2.05. The lowest BCUT2D eigenvalue weighted by atomic mass is 10.1. The minimum absolute atomic E-state index is 0.0320. The van der Waals surface area contributed by atoms with E-state index in [1.54, 1.807) is 13.2 Å². The maximum atomic E-state index is 11.5. The molecular formula is C11H13BrClNO2. The van der Waals surface area contributed by atoms with Crippen LogP contribution in [-0.4, -0.2) is 26.2 Å². The zero-order valence-electron chi connectivity index (χ0n) is 8.93. The molecule has 5 heteroatoms. The van der Waals surface area contributed by atoms with E-state index in [2.05, 4.69) is 21.2 Å². The third kappa shape index (κ3) is 4.51. The molecule has 1 aromatic carbocycles. The number of hydrogen-bond acceptors (Lipinski definition) is 2. The first kappa shape index (κ1) is 13.5. The quantitative estimate of drug-likeness (QED) is 0.848. The predicted molar refractivity (Wildman–Crippen MR) is 67.7 cm³/mol. The highest BCUT2D eigenvalue weighted by Crippen LogP contribution is 2.23. The smallest absolute Gasteiger partial charge is 0.224 e. The van der Waals surface area contributed by atoms with Crippen molar-refractivity contribution in [3.8, 4) is 0 Å². The Bertz CT molecular complexity index is 371. The number of ether oxygens (including phenoxy) is 1. The molecule has 88 valence electrons. The number of benzene rings is 1. The van der Waals surface area contributed by atoms with Crippen molar-refractivity contribution in [3.05, 3.63) is 33.3 Å². The summed E-state index contributed by atoms with van der Waals surface area (Å²) < 4.78 is 5.67. The van der Waals surface area contributed by atoms with Crippen molar-refractivity contribution in [2.45, 2.75) is 6.42 Å². The average molecular weight is 307 g/mol. The fourth-order valence-electron chi connectivity index (χ4n) is 1.19. The van der Waals surface area contributed by atoms with E-state index in [0.717, 1.165) is 10.0 Å². The van der Waals surface area contributed by atoms with Crippen LogP contribution in [0.25, 0.3) is 0 Å². The molecule has 0 aliphatic rings. The number of amides is 1. The van der Waals surface area contributed by atoms with Gasteiger partial charge in [-0.3, -0.25) is 4.79 Å². The maximum absolute atomic E-state index is 11.5. The van der Waals surface area contributed by atoms with Crippen molar-refractivity contribution in [2.24, 2.45) is 0 Å². The summed E-state index contributed by atoms with van der Waals surface area (Å²) in [5.41, 5.74) is 0.892. The largest absolute Gasteiger partial charge is 0.383 e. The molecule has 0 spiro atoms. The molecule has 3 nitrogen and oxygen atoms in total. The summed E-state index contributed by atoms with van der Waals surface area (Å²) in [6, 6.07) is 5.48. The monoisotopic (exact) mass is 305 g/mol. The van der Waals surface area contributed by atoms with Gasteiger partial charge >= 0.3 is 0 Å². The van der Waals surface area contributed by atoms with E-state index in [-0.39, 0.29) is 5.91 Å². The first-order valence-corrected chi connectivity index (χ1v) is 6.00. The SMILES string of the molecule is COCCNC(=O)Cc1ccc(Br)c(Cl)c1. The standard InChI is InChI=1S/C11H13BrClNO2/c1-16-5-4-14-11(15)7-8-2-3-9(12)10(13)6-8/h2-3,6H,4-5,7H2,1H3,(H,14,15). The van der Waals surface area contributed by atoms with Gasteiger partial charge in [-0.05, 0) is 33.6 Å². The third-order valence-electron chi connectivity index (χ3n) is 1.98. The molecule has 0 unspecified atom stereocenters. The zero-order chi connectivity index (χ0) is 12.0. The summed E-state index contributed by atoms with van der Waals surface area (Å²) in [6.45, 7) is 1.05. The number of hydrogen-bond donors (Lipinski definition) is 1. The summed E-state index contributed by atoms with van der Waals surface area (Å²) in [6.07, 6.45) is 0.330. The Hall–Kier alpha value is -0.580. The van der Waals surface area contributed by atoms with E-state index < -0.39 is 0 Å². The molecule has 16 heavy (non-hydrogen) atoms. The Morgan fingerprint density at radius 3 is 2.94 bits per heavy atom. The molecule has 1 amide bonds. The summed E-state index contributed by atoms with van der Waals surface area (Å²) in [4.78, 5) is 11.5. The molecule has 0 fully saturated rings. The lowest BCUT2D eigenvalue weighted by molar-refractivity contribution is -0.120. The van der Waals surface area contributed by atoms with Crippen LogP contribution in [0.4, 0.5) is 0 Å². The van der Waals surface area contributed by atoms with Gasteiger partial charge < -0.3 is 10.1 Å².